The molecular weight excluding hydrogens is 382 g/mol. The highest BCUT2D eigenvalue weighted by atomic mass is 16.5. The molecule has 2 amide bonds. The largest absolute Gasteiger partial charge is 0.497 e. The van der Waals surface area contributed by atoms with E-state index in [4.69, 9.17) is 9.47 Å². The summed E-state index contributed by atoms with van der Waals surface area (Å²) in [5.41, 5.74) is 3.64. The lowest BCUT2D eigenvalue weighted by Crippen LogP contribution is -2.50. The van der Waals surface area contributed by atoms with Gasteiger partial charge in [0.15, 0.2) is 5.82 Å². The molecule has 0 saturated carbocycles. The van der Waals surface area contributed by atoms with Crippen molar-refractivity contribution < 1.29 is 14.3 Å². The summed E-state index contributed by atoms with van der Waals surface area (Å²) >= 11 is 0. The fraction of sp³-hybridized carbons (Fsp3) is 0.318. The minimum Gasteiger partial charge on any atom is -0.497 e. The fourth-order valence-corrected chi connectivity index (χ4v) is 3.51. The number of hydrogen-bond donors (Lipinski definition) is 1. The van der Waals surface area contributed by atoms with Crippen LogP contribution in [0.3, 0.4) is 0 Å². The Hall–Kier alpha value is -3.55. The third-order valence-electron chi connectivity index (χ3n) is 5.21. The number of benzene rings is 2. The van der Waals surface area contributed by atoms with Crippen molar-refractivity contribution in [2.24, 2.45) is 0 Å². The molecule has 2 heterocycles. The molecule has 1 aliphatic rings. The molecule has 1 saturated heterocycles. The van der Waals surface area contributed by atoms with Crippen LogP contribution in [0.15, 0.2) is 42.5 Å². The first-order chi connectivity index (χ1) is 14.6. The second kappa shape index (κ2) is 8.44. The van der Waals surface area contributed by atoms with Gasteiger partial charge in [-0.05, 0) is 48.9 Å². The summed E-state index contributed by atoms with van der Waals surface area (Å²) in [5.74, 6) is 1.46. The summed E-state index contributed by atoms with van der Waals surface area (Å²) in [4.78, 5) is 25.9. The van der Waals surface area contributed by atoms with Gasteiger partial charge in [-0.2, -0.15) is 0 Å². The Morgan fingerprint density at radius 1 is 0.933 bits per heavy atom. The summed E-state index contributed by atoms with van der Waals surface area (Å²) in [6, 6.07) is 13.6. The number of fused-ring (bicyclic) bond motifs is 1. The van der Waals surface area contributed by atoms with E-state index in [2.05, 4.69) is 20.2 Å². The lowest BCUT2D eigenvalue weighted by atomic mass is 10.2. The van der Waals surface area contributed by atoms with E-state index in [1.807, 2.05) is 49.4 Å². The summed E-state index contributed by atoms with van der Waals surface area (Å²) in [7, 11) is 3.18. The summed E-state index contributed by atoms with van der Waals surface area (Å²) in [6.07, 6.45) is 0. The van der Waals surface area contributed by atoms with Crippen molar-refractivity contribution in [3.8, 4) is 11.6 Å². The van der Waals surface area contributed by atoms with E-state index in [1.165, 1.54) is 7.11 Å². The number of piperazine rings is 1. The number of anilines is 2. The van der Waals surface area contributed by atoms with E-state index in [0.29, 0.717) is 24.8 Å². The van der Waals surface area contributed by atoms with Crippen LogP contribution in [0.1, 0.15) is 5.56 Å². The molecule has 2 aromatic carbocycles. The quantitative estimate of drug-likeness (QED) is 0.715. The maximum absolute atomic E-state index is 12.8. The molecule has 1 aliphatic heterocycles. The molecule has 4 rings (SSSR count). The number of amides is 2. The van der Waals surface area contributed by atoms with Crippen molar-refractivity contribution in [3.63, 3.8) is 0 Å². The first kappa shape index (κ1) is 19.8. The predicted molar refractivity (Wildman–Crippen MR) is 117 cm³/mol. The van der Waals surface area contributed by atoms with Crippen LogP contribution in [0, 0.1) is 6.92 Å². The topological polar surface area (TPSA) is 79.8 Å². The highest BCUT2D eigenvalue weighted by molar-refractivity contribution is 5.91. The summed E-state index contributed by atoms with van der Waals surface area (Å²) in [5, 5.41) is 2.87. The van der Waals surface area contributed by atoms with Gasteiger partial charge in [-0.25, -0.2) is 14.8 Å². The molecule has 1 aromatic heterocycles. The van der Waals surface area contributed by atoms with Crippen LogP contribution in [0.2, 0.25) is 0 Å². The molecule has 0 unspecified atom stereocenters. The lowest BCUT2D eigenvalue weighted by molar-refractivity contribution is 0.208. The van der Waals surface area contributed by atoms with Crippen molar-refractivity contribution in [1.82, 2.24) is 14.9 Å². The van der Waals surface area contributed by atoms with Crippen molar-refractivity contribution in [3.05, 3.63) is 48.0 Å². The molecule has 8 nitrogen and oxygen atoms in total. The van der Waals surface area contributed by atoms with E-state index in [-0.39, 0.29) is 6.03 Å². The van der Waals surface area contributed by atoms with E-state index < -0.39 is 0 Å². The molecule has 3 aromatic rings. The van der Waals surface area contributed by atoms with Gasteiger partial charge in [-0.3, -0.25) is 5.32 Å². The Balaban J connectivity index is 1.43. The van der Waals surface area contributed by atoms with Crippen LogP contribution >= 0.6 is 0 Å². The number of carbonyl (C=O) groups is 1. The molecule has 8 heteroatoms. The van der Waals surface area contributed by atoms with Gasteiger partial charge in [0.05, 0.1) is 25.3 Å². The number of aryl methyl sites for hydroxylation is 1. The Bertz CT molecular complexity index is 1050. The molecule has 0 atom stereocenters. The van der Waals surface area contributed by atoms with Gasteiger partial charge in [-0.1, -0.05) is 6.07 Å². The first-order valence-electron chi connectivity index (χ1n) is 9.84. The van der Waals surface area contributed by atoms with Gasteiger partial charge in [0.2, 0.25) is 0 Å². The van der Waals surface area contributed by atoms with Gasteiger partial charge >= 0.3 is 6.03 Å². The van der Waals surface area contributed by atoms with Crippen LogP contribution in [0.25, 0.3) is 11.0 Å². The number of ether oxygens (including phenoxy) is 2. The number of aromatic nitrogens is 2. The van der Waals surface area contributed by atoms with E-state index in [0.717, 1.165) is 41.1 Å². The lowest BCUT2D eigenvalue weighted by Gasteiger charge is -2.36. The summed E-state index contributed by atoms with van der Waals surface area (Å²) in [6.45, 7) is 4.71. The number of methoxy groups -OCH3 is 2. The van der Waals surface area contributed by atoms with E-state index >= 15 is 0 Å². The van der Waals surface area contributed by atoms with Gasteiger partial charge in [0.1, 0.15) is 5.75 Å². The van der Waals surface area contributed by atoms with Crippen molar-refractivity contribution in [1.29, 1.82) is 0 Å². The van der Waals surface area contributed by atoms with Crippen LogP contribution in [0.5, 0.6) is 11.6 Å². The zero-order valence-electron chi connectivity index (χ0n) is 17.4. The van der Waals surface area contributed by atoms with Crippen molar-refractivity contribution >= 4 is 28.6 Å². The Morgan fingerprint density at radius 2 is 1.67 bits per heavy atom. The monoisotopic (exact) mass is 407 g/mol. The zero-order chi connectivity index (χ0) is 21.1. The van der Waals surface area contributed by atoms with Gasteiger partial charge in [0.25, 0.3) is 5.88 Å². The average Bonchev–Trinajstić information content (AvgIpc) is 2.78. The van der Waals surface area contributed by atoms with E-state index in [9.17, 15) is 4.79 Å². The van der Waals surface area contributed by atoms with Crippen molar-refractivity contribution in [2.75, 3.05) is 50.6 Å². The number of nitrogens with one attached hydrogen (secondary N) is 1. The molecular formula is C22H25N5O3. The number of hydrogen-bond acceptors (Lipinski definition) is 6. The van der Waals surface area contributed by atoms with Crippen molar-refractivity contribution in [2.45, 2.75) is 6.92 Å². The highest BCUT2D eigenvalue weighted by Gasteiger charge is 2.23. The maximum Gasteiger partial charge on any atom is 0.323 e. The second-order valence-corrected chi connectivity index (χ2v) is 7.18. The van der Waals surface area contributed by atoms with Crippen LogP contribution < -0.4 is 19.7 Å². The Labute approximate surface area is 175 Å². The Morgan fingerprint density at radius 3 is 2.33 bits per heavy atom. The molecule has 0 spiro atoms. The maximum atomic E-state index is 12.8. The number of carbonyl (C=O) groups excluding carboxylic acids is 1. The fourth-order valence-electron chi connectivity index (χ4n) is 3.51. The van der Waals surface area contributed by atoms with Crippen LogP contribution in [-0.2, 0) is 0 Å². The number of urea groups is 1. The normalized spacial score (nSPS) is 14.0. The number of nitrogens with zero attached hydrogens (tertiary/aromatic N) is 4. The minimum absolute atomic E-state index is 0.205. The van der Waals surface area contributed by atoms with E-state index in [1.54, 1.807) is 12.0 Å². The third kappa shape index (κ3) is 4.07. The SMILES string of the molecule is COc1ccc(N2CCN(C(=O)Nc3nc4cc(C)ccc4nc3OC)CC2)cc1. The minimum atomic E-state index is -0.205. The molecule has 0 bridgehead atoms. The van der Waals surface area contributed by atoms with Gasteiger partial charge in [-0.15, -0.1) is 0 Å². The first-order valence-corrected chi connectivity index (χ1v) is 9.84. The molecule has 1 N–H and O–H groups in total. The standard InChI is InChI=1S/C22H25N5O3/c1-15-4-9-18-19(14-15)23-20(21(24-18)30-3)25-22(28)27-12-10-26(11-13-27)16-5-7-17(29-2)8-6-16/h4-9,14H,10-13H2,1-3H3,(H,23,25,28). The molecule has 156 valence electrons. The molecule has 0 radical (unpaired) electrons. The predicted octanol–water partition coefficient (Wildman–Crippen LogP) is 3.31. The van der Waals surface area contributed by atoms with Gasteiger partial charge < -0.3 is 19.3 Å². The molecule has 1 fully saturated rings. The second-order valence-electron chi connectivity index (χ2n) is 7.18. The third-order valence-corrected chi connectivity index (χ3v) is 5.21. The van der Waals surface area contributed by atoms with Crippen LogP contribution in [-0.4, -0.2) is 61.3 Å². The zero-order valence-corrected chi connectivity index (χ0v) is 17.4. The van der Waals surface area contributed by atoms with Crippen LogP contribution in [0.4, 0.5) is 16.3 Å². The van der Waals surface area contributed by atoms with Gasteiger partial charge in [0, 0.05) is 31.9 Å². The average molecular weight is 407 g/mol. The molecule has 30 heavy (non-hydrogen) atoms. The smallest absolute Gasteiger partial charge is 0.323 e. The number of rotatable bonds is 4. The molecule has 0 aliphatic carbocycles. The Kier molecular flexibility index (Phi) is 5.56. The highest BCUT2D eigenvalue weighted by Crippen LogP contribution is 2.25. The summed E-state index contributed by atoms with van der Waals surface area (Å²) < 4.78 is 10.6.